The van der Waals surface area contributed by atoms with Crippen LogP contribution in [-0.2, 0) is 12.8 Å². The van der Waals surface area contributed by atoms with Crippen LogP contribution >= 0.6 is 22.9 Å². The lowest BCUT2D eigenvalue weighted by Gasteiger charge is -2.16. The molecule has 0 saturated carbocycles. The second-order valence-corrected chi connectivity index (χ2v) is 6.34. The summed E-state index contributed by atoms with van der Waals surface area (Å²) in [5.74, 6) is 0.674. The molecule has 1 N–H and O–H groups in total. The fraction of sp³-hybridized carbons (Fsp3) is 0.375. The van der Waals surface area contributed by atoms with Crippen molar-refractivity contribution in [3.8, 4) is 0 Å². The summed E-state index contributed by atoms with van der Waals surface area (Å²) in [5, 5.41) is 6.27. The number of aryl methyl sites for hydroxylation is 1. The zero-order valence-corrected chi connectivity index (χ0v) is 12.8. The highest BCUT2D eigenvalue weighted by atomic mass is 35.5. The normalized spacial score (nSPS) is 12.5. The molecule has 102 valence electrons. The Morgan fingerprint density at radius 1 is 1.21 bits per heavy atom. The van der Waals surface area contributed by atoms with Gasteiger partial charge in [-0.2, -0.15) is 0 Å². The molecule has 1 aromatic carbocycles. The fourth-order valence-corrected chi connectivity index (χ4v) is 3.17. The van der Waals surface area contributed by atoms with Gasteiger partial charge in [-0.1, -0.05) is 29.8 Å². The van der Waals surface area contributed by atoms with Crippen LogP contribution in [0.1, 0.15) is 16.9 Å². The maximum Gasteiger partial charge on any atom is 0.0406 e. The van der Waals surface area contributed by atoms with Crippen molar-refractivity contribution >= 4 is 22.9 Å². The highest BCUT2D eigenvalue weighted by Gasteiger charge is 2.09. The summed E-state index contributed by atoms with van der Waals surface area (Å²) in [6.07, 6.45) is 3.52. The van der Waals surface area contributed by atoms with Gasteiger partial charge in [0.05, 0.1) is 0 Å². The van der Waals surface area contributed by atoms with Crippen molar-refractivity contribution < 1.29 is 0 Å². The van der Waals surface area contributed by atoms with Crippen molar-refractivity contribution in [2.75, 3.05) is 13.6 Å². The summed E-state index contributed by atoms with van der Waals surface area (Å²) in [6, 6.07) is 12.6. The van der Waals surface area contributed by atoms with Gasteiger partial charge in [0.2, 0.25) is 0 Å². The summed E-state index contributed by atoms with van der Waals surface area (Å²) in [6.45, 7) is 1.06. The van der Waals surface area contributed by atoms with E-state index in [9.17, 15) is 0 Å². The first-order valence-electron chi connectivity index (χ1n) is 6.69. The van der Waals surface area contributed by atoms with Crippen LogP contribution in [0.5, 0.6) is 0 Å². The molecular formula is C16H20ClNS. The topological polar surface area (TPSA) is 12.0 Å². The van der Waals surface area contributed by atoms with E-state index >= 15 is 0 Å². The van der Waals surface area contributed by atoms with Crippen molar-refractivity contribution in [2.45, 2.75) is 19.3 Å². The third kappa shape index (κ3) is 4.98. The molecule has 2 rings (SSSR count). The number of halogens is 1. The van der Waals surface area contributed by atoms with Crippen molar-refractivity contribution in [3.63, 3.8) is 0 Å². The summed E-state index contributed by atoms with van der Waals surface area (Å²) in [4.78, 5) is 1.48. The second-order valence-electron chi connectivity index (χ2n) is 4.87. The van der Waals surface area contributed by atoms with Crippen LogP contribution in [0.25, 0.3) is 0 Å². The quantitative estimate of drug-likeness (QED) is 0.797. The van der Waals surface area contributed by atoms with Crippen LogP contribution in [0.3, 0.4) is 0 Å². The predicted octanol–water partition coefficient (Wildman–Crippen LogP) is 4.41. The third-order valence-corrected chi connectivity index (χ3v) is 4.50. The molecule has 1 nitrogen and oxygen atoms in total. The van der Waals surface area contributed by atoms with Crippen LogP contribution in [0.15, 0.2) is 41.8 Å². The van der Waals surface area contributed by atoms with Gasteiger partial charge in [0, 0.05) is 9.90 Å². The molecule has 0 saturated heterocycles. The monoisotopic (exact) mass is 293 g/mol. The lowest BCUT2D eigenvalue weighted by Crippen LogP contribution is -2.21. The van der Waals surface area contributed by atoms with Gasteiger partial charge in [-0.05, 0) is 67.9 Å². The van der Waals surface area contributed by atoms with Crippen LogP contribution in [0.4, 0.5) is 0 Å². The van der Waals surface area contributed by atoms with E-state index in [-0.39, 0.29) is 0 Å². The third-order valence-electron chi connectivity index (χ3n) is 3.31. The Labute approximate surface area is 124 Å². The Bertz CT molecular complexity index is 464. The average molecular weight is 294 g/mol. The molecular weight excluding hydrogens is 274 g/mol. The number of nitrogens with one attached hydrogen (secondary N) is 1. The summed E-state index contributed by atoms with van der Waals surface area (Å²) in [7, 11) is 2.03. The van der Waals surface area contributed by atoms with E-state index in [1.807, 2.05) is 30.5 Å². The molecule has 1 atom stereocenters. The summed E-state index contributed by atoms with van der Waals surface area (Å²) in [5.41, 5.74) is 1.37. The van der Waals surface area contributed by atoms with E-state index in [4.69, 9.17) is 11.6 Å². The number of rotatable bonds is 7. The van der Waals surface area contributed by atoms with Crippen LogP contribution in [0.2, 0.25) is 5.02 Å². The zero-order valence-electron chi connectivity index (χ0n) is 11.2. The molecule has 0 radical (unpaired) electrons. The molecule has 0 spiro atoms. The van der Waals surface area contributed by atoms with E-state index < -0.39 is 0 Å². The van der Waals surface area contributed by atoms with E-state index in [1.165, 1.54) is 23.3 Å². The minimum Gasteiger partial charge on any atom is -0.319 e. The number of benzene rings is 1. The Hall–Kier alpha value is -0.830. The molecule has 3 heteroatoms. The van der Waals surface area contributed by atoms with Gasteiger partial charge in [0.1, 0.15) is 0 Å². The van der Waals surface area contributed by atoms with Crippen molar-refractivity contribution in [1.29, 1.82) is 0 Å². The number of hydrogen-bond acceptors (Lipinski definition) is 2. The minimum absolute atomic E-state index is 0.674. The molecule has 0 fully saturated rings. The maximum atomic E-state index is 5.93. The maximum absolute atomic E-state index is 5.93. The molecule has 0 amide bonds. The lowest BCUT2D eigenvalue weighted by molar-refractivity contribution is 0.462. The first kappa shape index (κ1) is 14.6. The summed E-state index contributed by atoms with van der Waals surface area (Å²) >= 11 is 7.78. The minimum atomic E-state index is 0.674. The van der Waals surface area contributed by atoms with E-state index in [2.05, 4.69) is 35.0 Å². The Morgan fingerprint density at radius 2 is 2.00 bits per heavy atom. The molecule has 0 aliphatic heterocycles. The van der Waals surface area contributed by atoms with Gasteiger partial charge in [-0.15, -0.1) is 11.3 Å². The lowest BCUT2D eigenvalue weighted by atomic mass is 9.94. The first-order chi connectivity index (χ1) is 9.28. The Balaban J connectivity index is 1.89. The standard InChI is InChI=1S/C16H20ClNS/c1-18-12-14(6-9-16-3-2-10-19-16)11-13-4-7-15(17)8-5-13/h2-5,7-8,10,14,18H,6,9,11-12H2,1H3. The van der Waals surface area contributed by atoms with Gasteiger partial charge in [0.25, 0.3) is 0 Å². The van der Waals surface area contributed by atoms with Gasteiger partial charge in [-0.25, -0.2) is 0 Å². The largest absolute Gasteiger partial charge is 0.319 e. The fourth-order valence-electron chi connectivity index (χ4n) is 2.32. The number of thiophene rings is 1. The zero-order chi connectivity index (χ0) is 13.5. The molecule has 19 heavy (non-hydrogen) atoms. The van der Waals surface area contributed by atoms with Crippen molar-refractivity contribution in [1.82, 2.24) is 5.32 Å². The first-order valence-corrected chi connectivity index (χ1v) is 7.95. The molecule has 1 aromatic heterocycles. The summed E-state index contributed by atoms with van der Waals surface area (Å²) < 4.78 is 0. The van der Waals surface area contributed by atoms with Crippen LogP contribution in [0, 0.1) is 5.92 Å². The Kier molecular flexibility index (Phi) is 5.90. The van der Waals surface area contributed by atoms with Crippen molar-refractivity contribution in [3.05, 3.63) is 57.2 Å². The smallest absolute Gasteiger partial charge is 0.0406 e. The predicted molar refractivity (Wildman–Crippen MR) is 85.2 cm³/mol. The van der Waals surface area contributed by atoms with Gasteiger partial charge >= 0.3 is 0 Å². The SMILES string of the molecule is CNCC(CCc1cccs1)Cc1ccc(Cl)cc1. The van der Waals surface area contributed by atoms with Crippen molar-refractivity contribution in [2.24, 2.45) is 5.92 Å². The van der Waals surface area contributed by atoms with Gasteiger partial charge in [0.15, 0.2) is 0 Å². The van der Waals surface area contributed by atoms with Gasteiger partial charge < -0.3 is 5.32 Å². The van der Waals surface area contributed by atoms with E-state index in [0.29, 0.717) is 5.92 Å². The molecule has 2 aromatic rings. The van der Waals surface area contributed by atoms with E-state index in [0.717, 1.165) is 18.0 Å². The van der Waals surface area contributed by atoms with E-state index in [1.54, 1.807) is 0 Å². The van der Waals surface area contributed by atoms with Crippen LogP contribution in [-0.4, -0.2) is 13.6 Å². The molecule has 0 bridgehead atoms. The molecule has 1 heterocycles. The molecule has 0 aliphatic carbocycles. The van der Waals surface area contributed by atoms with Gasteiger partial charge in [-0.3, -0.25) is 0 Å². The average Bonchev–Trinajstić information content (AvgIpc) is 2.92. The number of hydrogen-bond donors (Lipinski definition) is 1. The molecule has 1 unspecified atom stereocenters. The van der Waals surface area contributed by atoms with Crippen LogP contribution < -0.4 is 5.32 Å². The second kappa shape index (κ2) is 7.68. The molecule has 0 aliphatic rings. The Morgan fingerprint density at radius 3 is 2.63 bits per heavy atom. The highest BCUT2D eigenvalue weighted by molar-refractivity contribution is 7.09. The highest BCUT2D eigenvalue weighted by Crippen LogP contribution is 2.19.